The minimum atomic E-state index is -1.06. The van der Waals surface area contributed by atoms with Crippen molar-refractivity contribution in [1.29, 1.82) is 5.26 Å². The summed E-state index contributed by atoms with van der Waals surface area (Å²) in [5.41, 5.74) is 0.519. The van der Waals surface area contributed by atoms with Crippen molar-refractivity contribution in [3.05, 3.63) is 34.9 Å². The van der Waals surface area contributed by atoms with Crippen molar-refractivity contribution in [2.45, 2.75) is 0 Å². The van der Waals surface area contributed by atoms with E-state index in [1.165, 1.54) is 6.08 Å². The Kier molecular flexibility index (Phi) is 4.37. The van der Waals surface area contributed by atoms with Crippen LogP contribution < -0.4 is 4.74 Å². The van der Waals surface area contributed by atoms with E-state index in [0.717, 1.165) is 6.08 Å². The number of nitriles is 1. The van der Waals surface area contributed by atoms with Crippen LogP contribution in [-0.4, -0.2) is 17.7 Å². The van der Waals surface area contributed by atoms with Gasteiger partial charge >= 0.3 is 5.97 Å². The minimum Gasteiger partial charge on any atom is -0.478 e. The zero-order valence-corrected chi connectivity index (χ0v) is 8.94. The summed E-state index contributed by atoms with van der Waals surface area (Å²) in [4.78, 5) is 10.4. The van der Waals surface area contributed by atoms with Gasteiger partial charge in [-0.3, -0.25) is 0 Å². The summed E-state index contributed by atoms with van der Waals surface area (Å²) in [6.07, 6.45) is 2.34. The highest BCUT2D eigenvalue weighted by molar-refractivity contribution is 6.32. The van der Waals surface area contributed by atoms with E-state index >= 15 is 0 Å². The average molecular weight is 238 g/mol. The van der Waals surface area contributed by atoms with Crippen molar-refractivity contribution in [3.8, 4) is 11.8 Å². The standard InChI is InChI=1S/C11H8ClNO3/c12-9-3-1-2-8(4-5-10(14)15)11(9)16-7-6-13/h1-5H,7H2,(H,14,15)/b5-4+. The molecule has 0 aliphatic carbocycles. The van der Waals surface area contributed by atoms with Gasteiger partial charge in [0.25, 0.3) is 0 Å². The third-order valence-corrected chi connectivity index (χ3v) is 1.98. The summed E-state index contributed by atoms with van der Waals surface area (Å²) in [6.45, 7) is -0.141. The lowest BCUT2D eigenvalue weighted by atomic mass is 10.2. The monoisotopic (exact) mass is 237 g/mol. The van der Waals surface area contributed by atoms with E-state index in [9.17, 15) is 4.79 Å². The number of ether oxygens (including phenoxy) is 1. The average Bonchev–Trinajstić information content (AvgIpc) is 2.25. The molecule has 0 aliphatic heterocycles. The molecular weight excluding hydrogens is 230 g/mol. The molecule has 0 atom stereocenters. The SMILES string of the molecule is N#CCOc1c(Cl)cccc1/C=C/C(=O)O. The van der Waals surface area contributed by atoms with Gasteiger partial charge in [-0.2, -0.15) is 5.26 Å². The van der Waals surface area contributed by atoms with E-state index in [1.54, 1.807) is 18.2 Å². The molecule has 16 heavy (non-hydrogen) atoms. The molecule has 5 heteroatoms. The quantitative estimate of drug-likeness (QED) is 0.816. The first-order valence-corrected chi connectivity index (χ1v) is 4.72. The highest BCUT2D eigenvalue weighted by Gasteiger charge is 2.06. The number of halogens is 1. The van der Waals surface area contributed by atoms with Crippen molar-refractivity contribution in [3.63, 3.8) is 0 Å². The van der Waals surface area contributed by atoms with Gasteiger partial charge in [0.2, 0.25) is 0 Å². The van der Waals surface area contributed by atoms with Crippen LogP contribution in [0.2, 0.25) is 5.02 Å². The summed E-state index contributed by atoms with van der Waals surface area (Å²) in [5.74, 6) is -0.755. The molecule has 0 aliphatic rings. The first-order valence-electron chi connectivity index (χ1n) is 4.34. The number of para-hydroxylation sites is 1. The molecule has 1 aromatic rings. The zero-order valence-electron chi connectivity index (χ0n) is 8.18. The molecule has 1 N–H and O–H groups in total. The molecule has 82 valence electrons. The molecule has 0 heterocycles. The lowest BCUT2D eigenvalue weighted by Gasteiger charge is -2.07. The Morgan fingerprint density at radius 3 is 3.00 bits per heavy atom. The van der Waals surface area contributed by atoms with Gasteiger partial charge in [-0.15, -0.1) is 0 Å². The number of nitrogens with zero attached hydrogens (tertiary/aromatic N) is 1. The second-order valence-corrected chi connectivity index (χ2v) is 3.18. The Balaban J connectivity index is 3.03. The molecule has 4 nitrogen and oxygen atoms in total. The van der Waals surface area contributed by atoms with Crippen molar-refractivity contribution in [2.75, 3.05) is 6.61 Å². The molecule has 0 saturated carbocycles. The van der Waals surface area contributed by atoms with Crippen LogP contribution in [0.5, 0.6) is 5.75 Å². The van der Waals surface area contributed by atoms with E-state index in [2.05, 4.69) is 0 Å². The molecule has 0 fully saturated rings. The van der Waals surface area contributed by atoms with Gasteiger partial charge in [0.15, 0.2) is 6.61 Å². The molecule has 1 aromatic carbocycles. The van der Waals surface area contributed by atoms with Crippen molar-refractivity contribution >= 4 is 23.6 Å². The number of hydrogen-bond donors (Lipinski definition) is 1. The highest BCUT2D eigenvalue weighted by Crippen LogP contribution is 2.29. The van der Waals surface area contributed by atoms with E-state index in [0.29, 0.717) is 16.3 Å². The van der Waals surface area contributed by atoms with Crippen LogP contribution in [0.3, 0.4) is 0 Å². The lowest BCUT2D eigenvalue weighted by Crippen LogP contribution is -1.96. The topological polar surface area (TPSA) is 70.3 Å². The number of aliphatic carboxylic acids is 1. The minimum absolute atomic E-state index is 0.141. The van der Waals surface area contributed by atoms with Crippen LogP contribution in [0, 0.1) is 11.3 Å². The van der Waals surface area contributed by atoms with Crippen molar-refractivity contribution in [1.82, 2.24) is 0 Å². The smallest absolute Gasteiger partial charge is 0.328 e. The second kappa shape index (κ2) is 5.79. The molecule has 0 bridgehead atoms. The Morgan fingerprint density at radius 2 is 2.38 bits per heavy atom. The normalized spacial score (nSPS) is 10.0. The van der Waals surface area contributed by atoms with E-state index in [1.807, 2.05) is 6.07 Å². The number of carboxylic acid groups (broad SMARTS) is 1. The van der Waals surface area contributed by atoms with Gasteiger partial charge < -0.3 is 9.84 Å². The maximum absolute atomic E-state index is 10.4. The first-order chi connectivity index (χ1) is 7.65. The maximum atomic E-state index is 10.4. The fourth-order valence-electron chi connectivity index (χ4n) is 1.07. The first kappa shape index (κ1) is 12.1. The third-order valence-electron chi connectivity index (χ3n) is 1.68. The van der Waals surface area contributed by atoms with Crippen molar-refractivity contribution < 1.29 is 14.6 Å². The summed E-state index contributed by atoms with van der Waals surface area (Å²) in [5, 5.41) is 17.2. The van der Waals surface area contributed by atoms with Crippen LogP contribution in [0.1, 0.15) is 5.56 Å². The van der Waals surface area contributed by atoms with E-state index in [-0.39, 0.29) is 6.61 Å². The zero-order chi connectivity index (χ0) is 12.0. The number of rotatable bonds is 4. The van der Waals surface area contributed by atoms with Crippen LogP contribution >= 0.6 is 11.6 Å². The van der Waals surface area contributed by atoms with E-state index in [4.69, 9.17) is 26.7 Å². The number of carbonyl (C=O) groups is 1. The van der Waals surface area contributed by atoms with E-state index < -0.39 is 5.97 Å². The summed E-state index contributed by atoms with van der Waals surface area (Å²) in [7, 11) is 0. The number of carboxylic acids is 1. The van der Waals surface area contributed by atoms with Gasteiger partial charge in [0.1, 0.15) is 11.8 Å². The van der Waals surface area contributed by atoms with Crippen molar-refractivity contribution in [2.24, 2.45) is 0 Å². The van der Waals surface area contributed by atoms with Crippen LogP contribution in [-0.2, 0) is 4.79 Å². The molecule has 0 saturated heterocycles. The Hall–Kier alpha value is -1.99. The molecule has 0 amide bonds. The lowest BCUT2D eigenvalue weighted by molar-refractivity contribution is -0.131. The number of hydrogen-bond acceptors (Lipinski definition) is 3. The summed E-state index contributed by atoms with van der Waals surface area (Å²) >= 11 is 5.86. The molecule has 0 spiro atoms. The molecule has 0 unspecified atom stereocenters. The van der Waals surface area contributed by atoms with Crippen LogP contribution in [0.4, 0.5) is 0 Å². The van der Waals surface area contributed by atoms with Gasteiger partial charge in [0.05, 0.1) is 5.02 Å². The van der Waals surface area contributed by atoms with Gasteiger partial charge in [-0.05, 0) is 12.1 Å². The third kappa shape index (κ3) is 3.30. The highest BCUT2D eigenvalue weighted by atomic mass is 35.5. The molecule has 0 radical (unpaired) electrons. The maximum Gasteiger partial charge on any atom is 0.328 e. The van der Waals surface area contributed by atoms with Crippen LogP contribution in [0.15, 0.2) is 24.3 Å². The Morgan fingerprint density at radius 1 is 1.62 bits per heavy atom. The predicted molar refractivity (Wildman–Crippen MR) is 59.2 cm³/mol. The second-order valence-electron chi connectivity index (χ2n) is 2.78. The summed E-state index contributed by atoms with van der Waals surface area (Å²) in [6, 6.07) is 6.74. The Bertz CT molecular complexity index is 463. The fourth-order valence-corrected chi connectivity index (χ4v) is 1.31. The Labute approximate surface area is 97.3 Å². The van der Waals surface area contributed by atoms with Gasteiger partial charge in [-0.1, -0.05) is 23.7 Å². The van der Waals surface area contributed by atoms with Gasteiger partial charge in [-0.25, -0.2) is 4.79 Å². The fraction of sp³-hybridized carbons (Fsp3) is 0.0909. The largest absolute Gasteiger partial charge is 0.478 e. The van der Waals surface area contributed by atoms with Gasteiger partial charge in [0, 0.05) is 11.6 Å². The molecule has 0 aromatic heterocycles. The van der Waals surface area contributed by atoms with Crippen LogP contribution in [0.25, 0.3) is 6.08 Å². The summed E-state index contributed by atoms with van der Waals surface area (Å²) < 4.78 is 5.11. The molecule has 1 rings (SSSR count). The number of benzene rings is 1. The predicted octanol–water partition coefficient (Wildman–Crippen LogP) is 2.34. The molecular formula is C11H8ClNO3.